The zero-order chi connectivity index (χ0) is 14.1. The molecular weight excluding hydrogens is 268 g/mol. The summed E-state index contributed by atoms with van der Waals surface area (Å²) in [4.78, 5) is 8.07. The molecular formula is C15H18N4S. The van der Waals surface area contributed by atoms with Crippen LogP contribution in [0, 0.1) is 6.92 Å². The minimum absolute atomic E-state index is 0.912. The summed E-state index contributed by atoms with van der Waals surface area (Å²) in [6, 6.07) is 8.31. The first kappa shape index (κ1) is 13.1. The molecule has 0 fully saturated rings. The number of nitrogens with zero attached hydrogens (tertiary/aromatic N) is 4. The molecule has 3 aromatic heterocycles. The predicted molar refractivity (Wildman–Crippen MR) is 84.6 cm³/mol. The van der Waals surface area contributed by atoms with Crippen molar-refractivity contribution in [3.05, 3.63) is 35.3 Å². The van der Waals surface area contributed by atoms with E-state index in [0.29, 0.717) is 0 Å². The normalized spacial score (nSPS) is 11.2. The van der Waals surface area contributed by atoms with Crippen molar-refractivity contribution in [2.75, 3.05) is 18.0 Å². The van der Waals surface area contributed by atoms with Gasteiger partial charge in [-0.25, -0.2) is 4.98 Å². The smallest absolute Gasteiger partial charge is 0.158 e. The monoisotopic (exact) mass is 286 g/mol. The Hall–Kier alpha value is -1.88. The Balaban J connectivity index is 2.20. The molecule has 3 aromatic rings. The number of hydrogen-bond acceptors (Lipinski definition) is 4. The second-order valence-electron chi connectivity index (χ2n) is 4.70. The van der Waals surface area contributed by atoms with Crippen LogP contribution in [0.3, 0.4) is 0 Å². The van der Waals surface area contributed by atoms with E-state index in [4.69, 9.17) is 5.10 Å². The summed E-state index contributed by atoms with van der Waals surface area (Å²) in [6.07, 6.45) is 0. The van der Waals surface area contributed by atoms with E-state index in [1.165, 1.54) is 4.88 Å². The molecule has 3 heterocycles. The highest BCUT2D eigenvalue weighted by molar-refractivity contribution is 7.13. The molecule has 0 atom stereocenters. The van der Waals surface area contributed by atoms with Gasteiger partial charge in [0.15, 0.2) is 5.65 Å². The molecule has 0 aliphatic rings. The van der Waals surface area contributed by atoms with E-state index in [2.05, 4.69) is 47.3 Å². The molecule has 0 amide bonds. The van der Waals surface area contributed by atoms with Gasteiger partial charge >= 0.3 is 0 Å². The summed E-state index contributed by atoms with van der Waals surface area (Å²) in [5.41, 5.74) is 2.93. The quantitative estimate of drug-likeness (QED) is 0.734. The van der Waals surface area contributed by atoms with Crippen LogP contribution in [0.25, 0.3) is 16.2 Å². The van der Waals surface area contributed by atoms with Crippen LogP contribution in [0.4, 0.5) is 5.82 Å². The minimum Gasteiger partial charge on any atom is -0.357 e. The molecule has 0 saturated heterocycles. The number of aryl methyl sites for hydroxylation is 1. The van der Waals surface area contributed by atoms with Gasteiger partial charge < -0.3 is 4.90 Å². The summed E-state index contributed by atoms with van der Waals surface area (Å²) < 4.78 is 1.95. The summed E-state index contributed by atoms with van der Waals surface area (Å²) in [7, 11) is 0. The van der Waals surface area contributed by atoms with Crippen LogP contribution in [0.5, 0.6) is 0 Å². The maximum absolute atomic E-state index is 4.74. The first-order chi connectivity index (χ1) is 9.72. The zero-order valence-corrected chi connectivity index (χ0v) is 12.8. The number of hydrogen-bond donors (Lipinski definition) is 0. The van der Waals surface area contributed by atoms with Gasteiger partial charge in [-0.15, -0.1) is 11.3 Å². The Labute approximate surface area is 122 Å². The van der Waals surface area contributed by atoms with Crippen LogP contribution >= 0.6 is 11.3 Å². The molecule has 0 saturated carbocycles. The van der Waals surface area contributed by atoms with Crippen LogP contribution in [-0.4, -0.2) is 27.7 Å². The SMILES string of the molecule is CCN(CC)c1cc(C)nc2cc(-c3cccs3)nn12. The number of fused-ring (bicyclic) bond motifs is 1. The molecule has 0 aliphatic heterocycles. The molecule has 0 N–H and O–H groups in total. The fraction of sp³-hybridized carbons (Fsp3) is 0.333. The lowest BCUT2D eigenvalue weighted by Gasteiger charge is -2.21. The van der Waals surface area contributed by atoms with E-state index < -0.39 is 0 Å². The lowest BCUT2D eigenvalue weighted by molar-refractivity contribution is 0.798. The Kier molecular flexibility index (Phi) is 3.44. The second kappa shape index (κ2) is 5.25. The summed E-state index contributed by atoms with van der Waals surface area (Å²) in [5, 5.41) is 6.81. The van der Waals surface area contributed by atoms with E-state index in [9.17, 15) is 0 Å². The fourth-order valence-electron chi connectivity index (χ4n) is 2.40. The third-order valence-corrected chi connectivity index (χ3v) is 4.29. The van der Waals surface area contributed by atoms with E-state index in [-0.39, 0.29) is 0 Å². The van der Waals surface area contributed by atoms with Crippen LogP contribution in [0.2, 0.25) is 0 Å². The lowest BCUT2D eigenvalue weighted by Crippen LogP contribution is -2.24. The van der Waals surface area contributed by atoms with Crippen LogP contribution in [0.15, 0.2) is 29.6 Å². The van der Waals surface area contributed by atoms with Gasteiger partial charge in [0, 0.05) is 30.9 Å². The molecule has 0 radical (unpaired) electrons. The standard InChI is InChI=1S/C15H18N4S/c1-4-18(5-2)15-9-11(3)16-14-10-12(17-19(14)15)13-7-6-8-20-13/h6-10H,4-5H2,1-3H3. The number of rotatable bonds is 4. The average molecular weight is 286 g/mol. The van der Waals surface area contributed by atoms with Crippen molar-refractivity contribution in [2.24, 2.45) is 0 Å². The van der Waals surface area contributed by atoms with Gasteiger partial charge in [-0.05, 0) is 32.2 Å². The van der Waals surface area contributed by atoms with Crippen molar-refractivity contribution < 1.29 is 0 Å². The molecule has 0 unspecified atom stereocenters. The largest absolute Gasteiger partial charge is 0.357 e. The Morgan fingerprint density at radius 2 is 2.05 bits per heavy atom. The molecule has 104 valence electrons. The molecule has 0 spiro atoms. The van der Waals surface area contributed by atoms with Crippen molar-refractivity contribution in [3.8, 4) is 10.6 Å². The zero-order valence-electron chi connectivity index (χ0n) is 12.0. The third-order valence-electron chi connectivity index (χ3n) is 3.40. The van der Waals surface area contributed by atoms with Crippen molar-refractivity contribution in [1.29, 1.82) is 0 Å². The second-order valence-corrected chi connectivity index (χ2v) is 5.65. The molecule has 0 aliphatic carbocycles. The van der Waals surface area contributed by atoms with Crippen LogP contribution < -0.4 is 4.90 Å². The first-order valence-electron chi connectivity index (χ1n) is 6.89. The van der Waals surface area contributed by atoms with Crippen LogP contribution in [-0.2, 0) is 0 Å². The Morgan fingerprint density at radius 3 is 2.70 bits per heavy atom. The fourth-order valence-corrected chi connectivity index (χ4v) is 3.08. The molecule has 3 rings (SSSR count). The molecule has 4 nitrogen and oxygen atoms in total. The Bertz CT molecular complexity index is 711. The summed E-state index contributed by atoms with van der Waals surface area (Å²) in [6.45, 7) is 8.28. The highest BCUT2D eigenvalue weighted by Crippen LogP contribution is 2.26. The van der Waals surface area contributed by atoms with Gasteiger partial charge in [0.05, 0.1) is 4.88 Å². The van der Waals surface area contributed by atoms with Gasteiger partial charge in [0.1, 0.15) is 11.5 Å². The van der Waals surface area contributed by atoms with Gasteiger partial charge in [-0.2, -0.15) is 9.61 Å². The highest BCUT2D eigenvalue weighted by atomic mass is 32.1. The van der Waals surface area contributed by atoms with Crippen molar-refractivity contribution >= 4 is 22.8 Å². The van der Waals surface area contributed by atoms with Crippen molar-refractivity contribution in [2.45, 2.75) is 20.8 Å². The van der Waals surface area contributed by atoms with Crippen LogP contribution in [0.1, 0.15) is 19.5 Å². The maximum atomic E-state index is 4.74. The lowest BCUT2D eigenvalue weighted by atomic mass is 10.3. The number of thiophene rings is 1. The molecule has 0 bridgehead atoms. The third kappa shape index (κ3) is 2.18. The average Bonchev–Trinajstić information content (AvgIpc) is 3.07. The van der Waals surface area contributed by atoms with E-state index >= 15 is 0 Å². The maximum Gasteiger partial charge on any atom is 0.158 e. The van der Waals surface area contributed by atoms with E-state index in [1.807, 2.05) is 17.5 Å². The highest BCUT2D eigenvalue weighted by Gasteiger charge is 2.13. The number of aromatic nitrogens is 3. The molecule has 20 heavy (non-hydrogen) atoms. The topological polar surface area (TPSA) is 33.4 Å². The predicted octanol–water partition coefficient (Wildman–Crippen LogP) is 3.61. The van der Waals surface area contributed by atoms with Crippen molar-refractivity contribution in [3.63, 3.8) is 0 Å². The minimum atomic E-state index is 0.912. The first-order valence-corrected chi connectivity index (χ1v) is 7.77. The molecule has 5 heteroatoms. The van der Waals surface area contributed by atoms with Gasteiger partial charge in [-0.1, -0.05) is 6.07 Å². The molecule has 0 aromatic carbocycles. The summed E-state index contributed by atoms with van der Waals surface area (Å²) >= 11 is 1.70. The Morgan fingerprint density at radius 1 is 1.25 bits per heavy atom. The van der Waals surface area contributed by atoms with Crippen molar-refractivity contribution in [1.82, 2.24) is 14.6 Å². The summed E-state index contributed by atoms with van der Waals surface area (Å²) in [5.74, 6) is 1.11. The van der Waals surface area contributed by atoms with Gasteiger partial charge in [0.25, 0.3) is 0 Å². The number of anilines is 1. The van der Waals surface area contributed by atoms with E-state index in [1.54, 1.807) is 11.3 Å². The van der Waals surface area contributed by atoms with Gasteiger partial charge in [0.2, 0.25) is 0 Å². The van der Waals surface area contributed by atoms with E-state index in [0.717, 1.165) is 35.9 Å². The van der Waals surface area contributed by atoms with Gasteiger partial charge in [-0.3, -0.25) is 0 Å².